The summed E-state index contributed by atoms with van der Waals surface area (Å²) >= 11 is 0. The van der Waals surface area contributed by atoms with Gasteiger partial charge in [0.05, 0.1) is 0 Å². The van der Waals surface area contributed by atoms with Crippen LogP contribution in [0.2, 0.25) is 0 Å². The first-order valence-corrected chi connectivity index (χ1v) is 6.04. The zero-order valence-corrected chi connectivity index (χ0v) is 9.23. The summed E-state index contributed by atoms with van der Waals surface area (Å²) in [6, 6.07) is 6.69. The Kier molecular flexibility index (Phi) is 2.48. The summed E-state index contributed by atoms with van der Waals surface area (Å²) in [4.78, 5) is 16.4. The van der Waals surface area contributed by atoms with Gasteiger partial charge >= 0.3 is 0 Å². The molecule has 1 unspecified atom stereocenters. The molecule has 0 radical (unpaired) electrons. The zero-order chi connectivity index (χ0) is 11.0. The average molecular weight is 216 g/mol. The molecule has 1 aromatic rings. The van der Waals surface area contributed by atoms with Crippen LogP contribution in [-0.2, 0) is 0 Å². The van der Waals surface area contributed by atoms with E-state index in [1.54, 1.807) is 6.20 Å². The Morgan fingerprint density at radius 2 is 2.00 bits per heavy atom. The van der Waals surface area contributed by atoms with Crippen molar-refractivity contribution in [2.24, 2.45) is 5.92 Å². The Morgan fingerprint density at radius 1 is 1.25 bits per heavy atom. The van der Waals surface area contributed by atoms with Crippen LogP contribution in [0.3, 0.4) is 0 Å². The van der Waals surface area contributed by atoms with Gasteiger partial charge in [0, 0.05) is 24.2 Å². The first kappa shape index (κ1) is 9.97. The van der Waals surface area contributed by atoms with Crippen molar-refractivity contribution in [1.82, 2.24) is 10.3 Å². The van der Waals surface area contributed by atoms with E-state index in [4.69, 9.17) is 0 Å². The number of fused-ring (bicyclic) bond motifs is 2. The van der Waals surface area contributed by atoms with Gasteiger partial charge in [0.25, 0.3) is 0 Å². The van der Waals surface area contributed by atoms with Gasteiger partial charge in [-0.15, -0.1) is 0 Å². The molecule has 1 N–H and O–H groups in total. The van der Waals surface area contributed by atoms with Crippen molar-refractivity contribution < 1.29 is 4.79 Å². The van der Waals surface area contributed by atoms with E-state index in [9.17, 15) is 4.79 Å². The predicted molar refractivity (Wildman–Crippen MR) is 61.2 cm³/mol. The van der Waals surface area contributed by atoms with Crippen LogP contribution in [0.25, 0.3) is 0 Å². The van der Waals surface area contributed by atoms with Crippen LogP contribution >= 0.6 is 0 Å². The minimum atomic E-state index is 0.189. The van der Waals surface area contributed by atoms with Crippen LogP contribution in [0, 0.1) is 5.92 Å². The molecule has 0 spiro atoms. The van der Waals surface area contributed by atoms with Crippen molar-refractivity contribution in [1.29, 1.82) is 0 Å². The number of aromatic nitrogens is 1. The number of hydrogen-bond donors (Lipinski definition) is 1. The lowest BCUT2D eigenvalue weighted by Gasteiger charge is -2.27. The monoisotopic (exact) mass is 216 g/mol. The Labute approximate surface area is 95.3 Å². The quantitative estimate of drug-likeness (QED) is 0.766. The number of ketones is 1. The van der Waals surface area contributed by atoms with E-state index < -0.39 is 0 Å². The number of nitrogens with zero attached hydrogens (tertiary/aromatic N) is 1. The molecule has 3 atom stereocenters. The van der Waals surface area contributed by atoms with E-state index in [1.807, 2.05) is 18.2 Å². The molecule has 84 valence electrons. The molecule has 2 saturated heterocycles. The third-order valence-corrected chi connectivity index (χ3v) is 3.76. The molecule has 3 nitrogen and oxygen atoms in total. The number of rotatable bonds is 2. The highest BCUT2D eigenvalue weighted by Crippen LogP contribution is 2.32. The molecule has 2 bridgehead atoms. The number of nitrogens with one attached hydrogen (secondary N) is 1. The standard InChI is InChI=1S/C13H16N2O/c16-13(12-3-1-2-6-14-12)9-7-10-4-5-11(8-9)15-10/h1-3,6,9-11,15H,4-5,7-8H2/t9?,10-,11+. The molecule has 0 amide bonds. The minimum absolute atomic E-state index is 0.189. The van der Waals surface area contributed by atoms with Crippen molar-refractivity contribution in [3.63, 3.8) is 0 Å². The molecule has 1 aromatic heterocycles. The fraction of sp³-hybridized carbons (Fsp3) is 0.538. The largest absolute Gasteiger partial charge is 0.311 e. The van der Waals surface area contributed by atoms with E-state index in [0.29, 0.717) is 17.8 Å². The molecule has 0 aliphatic carbocycles. The van der Waals surface area contributed by atoms with Crippen LogP contribution in [-0.4, -0.2) is 22.9 Å². The molecular formula is C13H16N2O. The summed E-state index contributed by atoms with van der Waals surface area (Å²) in [6.07, 6.45) is 6.15. The molecule has 16 heavy (non-hydrogen) atoms. The lowest BCUT2D eigenvalue weighted by atomic mass is 9.87. The Hall–Kier alpha value is -1.22. The van der Waals surface area contributed by atoms with Gasteiger partial charge in [-0.3, -0.25) is 9.78 Å². The SMILES string of the molecule is O=C(c1ccccn1)C1C[C@H]2CC[C@@H](C1)N2. The maximum Gasteiger partial charge on any atom is 0.184 e. The van der Waals surface area contributed by atoms with Crippen molar-refractivity contribution >= 4 is 5.78 Å². The molecule has 0 aromatic carbocycles. The molecular weight excluding hydrogens is 200 g/mol. The maximum atomic E-state index is 12.2. The maximum absolute atomic E-state index is 12.2. The van der Waals surface area contributed by atoms with Crippen LogP contribution in [0.1, 0.15) is 36.2 Å². The zero-order valence-electron chi connectivity index (χ0n) is 9.23. The highest BCUT2D eigenvalue weighted by Gasteiger charge is 2.37. The van der Waals surface area contributed by atoms with Gasteiger partial charge < -0.3 is 5.32 Å². The van der Waals surface area contributed by atoms with Crippen LogP contribution in [0.5, 0.6) is 0 Å². The topological polar surface area (TPSA) is 42.0 Å². The summed E-state index contributed by atoms with van der Waals surface area (Å²) in [6.45, 7) is 0. The highest BCUT2D eigenvalue weighted by atomic mass is 16.1. The Bertz CT molecular complexity index is 378. The van der Waals surface area contributed by atoms with E-state index in [-0.39, 0.29) is 11.7 Å². The fourth-order valence-electron chi connectivity index (χ4n) is 2.99. The molecule has 3 heteroatoms. The average Bonchev–Trinajstić information content (AvgIpc) is 2.68. The molecule has 2 aliphatic heterocycles. The second-order valence-corrected chi connectivity index (χ2v) is 4.89. The normalized spacial score (nSPS) is 32.6. The minimum Gasteiger partial charge on any atom is -0.311 e. The number of Topliss-reactive ketones (excluding diaryl/α,β-unsaturated/α-hetero) is 1. The lowest BCUT2D eigenvalue weighted by molar-refractivity contribution is 0.0870. The van der Waals surface area contributed by atoms with Crippen molar-refractivity contribution in [2.75, 3.05) is 0 Å². The summed E-state index contributed by atoms with van der Waals surface area (Å²) in [7, 11) is 0. The van der Waals surface area contributed by atoms with E-state index in [1.165, 1.54) is 12.8 Å². The predicted octanol–water partition coefficient (Wildman–Crippen LogP) is 1.79. The molecule has 3 rings (SSSR count). The summed E-state index contributed by atoms with van der Waals surface area (Å²) in [5.74, 6) is 0.424. The number of carbonyl (C=O) groups excluding carboxylic acids is 1. The number of piperidine rings is 1. The van der Waals surface area contributed by atoms with Crippen molar-refractivity contribution in [3.8, 4) is 0 Å². The molecule has 2 aliphatic rings. The van der Waals surface area contributed by atoms with Gasteiger partial charge in [-0.1, -0.05) is 6.07 Å². The van der Waals surface area contributed by atoms with Crippen LogP contribution in [0.15, 0.2) is 24.4 Å². The van der Waals surface area contributed by atoms with E-state index in [2.05, 4.69) is 10.3 Å². The summed E-state index contributed by atoms with van der Waals surface area (Å²) in [5.41, 5.74) is 0.633. The molecule has 2 fully saturated rings. The van der Waals surface area contributed by atoms with Crippen LogP contribution < -0.4 is 5.32 Å². The second-order valence-electron chi connectivity index (χ2n) is 4.89. The van der Waals surface area contributed by atoms with Crippen LogP contribution in [0.4, 0.5) is 0 Å². The second kappa shape index (κ2) is 3.98. The van der Waals surface area contributed by atoms with E-state index in [0.717, 1.165) is 12.8 Å². The van der Waals surface area contributed by atoms with Gasteiger partial charge in [0.1, 0.15) is 5.69 Å². The number of hydrogen-bond acceptors (Lipinski definition) is 3. The van der Waals surface area contributed by atoms with Crippen molar-refractivity contribution in [3.05, 3.63) is 30.1 Å². The van der Waals surface area contributed by atoms with Crippen molar-refractivity contribution in [2.45, 2.75) is 37.8 Å². The van der Waals surface area contributed by atoms with Gasteiger partial charge in [0.2, 0.25) is 0 Å². The van der Waals surface area contributed by atoms with Gasteiger partial charge in [0.15, 0.2) is 5.78 Å². The number of pyridine rings is 1. The number of carbonyl (C=O) groups is 1. The first-order chi connectivity index (χ1) is 7.83. The van der Waals surface area contributed by atoms with E-state index >= 15 is 0 Å². The first-order valence-electron chi connectivity index (χ1n) is 6.04. The Morgan fingerprint density at radius 3 is 2.62 bits per heavy atom. The summed E-state index contributed by atoms with van der Waals surface area (Å²) in [5, 5.41) is 3.55. The smallest absolute Gasteiger partial charge is 0.184 e. The summed E-state index contributed by atoms with van der Waals surface area (Å²) < 4.78 is 0. The lowest BCUT2D eigenvalue weighted by Crippen LogP contribution is -2.40. The molecule has 0 saturated carbocycles. The van der Waals surface area contributed by atoms with Gasteiger partial charge in [-0.2, -0.15) is 0 Å². The van der Waals surface area contributed by atoms with Gasteiger partial charge in [-0.25, -0.2) is 0 Å². The highest BCUT2D eigenvalue weighted by molar-refractivity contribution is 5.96. The third kappa shape index (κ3) is 1.76. The third-order valence-electron chi connectivity index (χ3n) is 3.76. The van der Waals surface area contributed by atoms with Gasteiger partial charge in [-0.05, 0) is 37.8 Å². The fourth-order valence-corrected chi connectivity index (χ4v) is 2.99. The Balaban J connectivity index is 1.76. The molecule has 3 heterocycles.